The lowest BCUT2D eigenvalue weighted by Gasteiger charge is -2.10. The minimum absolute atomic E-state index is 0.171. The van der Waals surface area contributed by atoms with Crippen LogP contribution in [0.5, 0.6) is 11.6 Å². The fourth-order valence-corrected chi connectivity index (χ4v) is 4.19. The zero-order valence-corrected chi connectivity index (χ0v) is 16.5. The molecule has 1 aliphatic heterocycles. The molecule has 0 fully saturated rings. The van der Waals surface area contributed by atoms with Crippen LogP contribution in [0.15, 0.2) is 71.8 Å². The quantitative estimate of drug-likeness (QED) is 0.651. The molecular formula is C21H17N3O5S. The number of nitrogens with one attached hydrogen (secondary N) is 2. The van der Waals surface area contributed by atoms with Crippen molar-refractivity contribution in [3.05, 3.63) is 72.4 Å². The number of anilines is 2. The highest BCUT2D eigenvalue weighted by Crippen LogP contribution is 2.34. The number of aromatic nitrogens is 1. The first-order valence-electron chi connectivity index (χ1n) is 9.08. The van der Waals surface area contributed by atoms with E-state index in [0.29, 0.717) is 17.1 Å². The van der Waals surface area contributed by atoms with E-state index in [9.17, 15) is 18.0 Å². The molecule has 9 heteroatoms. The third-order valence-electron chi connectivity index (χ3n) is 4.43. The van der Waals surface area contributed by atoms with Crippen LogP contribution in [0.2, 0.25) is 0 Å². The first kappa shape index (κ1) is 19.6. The van der Waals surface area contributed by atoms with E-state index < -0.39 is 21.7 Å². The van der Waals surface area contributed by atoms with E-state index in [4.69, 9.17) is 4.74 Å². The van der Waals surface area contributed by atoms with Gasteiger partial charge < -0.3 is 15.4 Å². The maximum Gasteiger partial charge on any atom is 0.259 e. The number of carbonyl (C=O) groups excluding carboxylic acids is 2. The lowest BCUT2D eigenvalue weighted by molar-refractivity contribution is -0.115. The highest BCUT2D eigenvalue weighted by atomic mass is 32.2. The second-order valence-electron chi connectivity index (χ2n) is 6.55. The van der Waals surface area contributed by atoms with E-state index >= 15 is 0 Å². The van der Waals surface area contributed by atoms with Gasteiger partial charge in [0.1, 0.15) is 11.4 Å². The monoisotopic (exact) mass is 423 g/mol. The molecule has 30 heavy (non-hydrogen) atoms. The molecule has 0 atom stereocenters. The summed E-state index contributed by atoms with van der Waals surface area (Å²) in [5.74, 6) is -0.630. The maximum atomic E-state index is 12.5. The van der Waals surface area contributed by atoms with Crippen LogP contribution in [0.4, 0.5) is 11.4 Å². The normalized spacial score (nSPS) is 12.6. The zero-order chi connectivity index (χ0) is 21.1. The lowest BCUT2D eigenvalue weighted by Crippen LogP contribution is -2.18. The predicted molar refractivity (Wildman–Crippen MR) is 110 cm³/mol. The lowest BCUT2D eigenvalue weighted by atomic mass is 10.1. The fraction of sp³-hybridized carbons (Fsp3) is 0.0952. The van der Waals surface area contributed by atoms with Gasteiger partial charge in [0.05, 0.1) is 16.2 Å². The van der Waals surface area contributed by atoms with Crippen molar-refractivity contribution in [1.29, 1.82) is 0 Å². The van der Waals surface area contributed by atoms with Gasteiger partial charge >= 0.3 is 0 Å². The van der Waals surface area contributed by atoms with Gasteiger partial charge in [0.2, 0.25) is 11.8 Å². The molecule has 2 amide bonds. The Bertz CT molecular complexity index is 1230. The van der Waals surface area contributed by atoms with Gasteiger partial charge in [0, 0.05) is 18.3 Å². The standard InChI is InChI=1S/C21H17N3O5S/c25-19(10-12-30(27,28)15-5-2-1-3-6-15)23-14-8-9-18-16(13-14)20(26)24-17-7-4-11-22-21(17)29-18/h1-9,11,13H,10,12H2,(H,23,25)(H,24,26). The molecule has 8 nitrogen and oxygen atoms in total. The summed E-state index contributed by atoms with van der Waals surface area (Å²) >= 11 is 0. The molecule has 4 rings (SSSR count). The Morgan fingerprint density at radius 1 is 1.07 bits per heavy atom. The number of ether oxygens (including phenoxy) is 1. The summed E-state index contributed by atoms with van der Waals surface area (Å²) < 4.78 is 30.3. The molecular weight excluding hydrogens is 406 g/mol. The average Bonchev–Trinajstić information content (AvgIpc) is 2.89. The Hall–Kier alpha value is -3.72. The molecule has 0 saturated heterocycles. The molecule has 0 bridgehead atoms. The first-order chi connectivity index (χ1) is 14.4. The summed E-state index contributed by atoms with van der Waals surface area (Å²) in [4.78, 5) is 29.0. The minimum Gasteiger partial charge on any atom is -0.436 e. The van der Waals surface area contributed by atoms with Crippen molar-refractivity contribution in [3.8, 4) is 11.6 Å². The topological polar surface area (TPSA) is 114 Å². The second kappa shape index (κ2) is 7.96. The molecule has 3 aromatic rings. The van der Waals surface area contributed by atoms with Gasteiger partial charge in [-0.2, -0.15) is 0 Å². The van der Waals surface area contributed by atoms with Crippen molar-refractivity contribution in [2.24, 2.45) is 0 Å². The molecule has 0 saturated carbocycles. The molecule has 0 radical (unpaired) electrons. The van der Waals surface area contributed by atoms with E-state index in [1.54, 1.807) is 48.7 Å². The van der Waals surface area contributed by atoms with Crippen LogP contribution in [0.3, 0.4) is 0 Å². The number of nitrogens with zero attached hydrogens (tertiary/aromatic N) is 1. The molecule has 0 unspecified atom stereocenters. The van der Waals surface area contributed by atoms with Crippen molar-refractivity contribution >= 4 is 33.0 Å². The number of pyridine rings is 1. The van der Waals surface area contributed by atoms with Gasteiger partial charge in [-0.15, -0.1) is 0 Å². The van der Waals surface area contributed by atoms with Crippen LogP contribution >= 0.6 is 0 Å². The number of rotatable bonds is 5. The minimum atomic E-state index is -3.56. The SMILES string of the molecule is O=C(CCS(=O)(=O)c1ccccc1)Nc1ccc2c(c1)C(=O)Nc1cccnc1O2. The van der Waals surface area contributed by atoms with Crippen LogP contribution in [-0.4, -0.2) is 31.0 Å². The van der Waals surface area contributed by atoms with Gasteiger partial charge in [-0.25, -0.2) is 13.4 Å². The van der Waals surface area contributed by atoms with Crippen LogP contribution in [0, 0.1) is 0 Å². The number of hydrogen-bond donors (Lipinski definition) is 2. The molecule has 2 aromatic carbocycles. The predicted octanol–water partition coefficient (Wildman–Crippen LogP) is 3.24. The van der Waals surface area contributed by atoms with Gasteiger partial charge in [0.15, 0.2) is 9.84 Å². The number of hydrogen-bond acceptors (Lipinski definition) is 6. The zero-order valence-electron chi connectivity index (χ0n) is 15.7. The second-order valence-corrected chi connectivity index (χ2v) is 8.66. The number of amides is 2. The maximum absolute atomic E-state index is 12.5. The molecule has 0 spiro atoms. The Balaban J connectivity index is 1.45. The van der Waals surface area contributed by atoms with Crippen molar-refractivity contribution in [3.63, 3.8) is 0 Å². The summed E-state index contributed by atoms with van der Waals surface area (Å²) in [6.07, 6.45) is 1.33. The Morgan fingerprint density at radius 3 is 2.67 bits per heavy atom. The van der Waals surface area contributed by atoms with E-state index in [1.165, 1.54) is 18.2 Å². The number of carbonyl (C=O) groups is 2. The third-order valence-corrected chi connectivity index (χ3v) is 6.17. The molecule has 1 aliphatic rings. The number of sulfone groups is 1. The van der Waals surface area contributed by atoms with Crippen molar-refractivity contribution < 1.29 is 22.7 Å². The largest absolute Gasteiger partial charge is 0.436 e. The highest BCUT2D eigenvalue weighted by Gasteiger charge is 2.22. The summed E-state index contributed by atoms with van der Waals surface area (Å²) in [5, 5.41) is 5.33. The third kappa shape index (κ3) is 4.15. The molecule has 0 aliphatic carbocycles. The highest BCUT2D eigenvalue weighted by molar-refractivity contribution is 7.91. The molecule has 2 heterocycles. The van der Waals surface area contributed by atoms with Gasteiger partial charge in [-0.1, -0.05) is 18.2 Å². The summed E-state index contributed by atoms with van der Waals surface area (Å²) in [5.41, 5.74) is 1.02. The molecule has 1 aromatic heterocycles. The van der Waals surface area contributed by atoms with Gasteiger partial charge in [0.25, 0.3) is 5.91 Å². The Kier molecular flexibility index (Phi) is 5.20. The summed E-state index contributed by atoms with van der Waals surface area (Å²) in [6.45, 7) is 0. The summed E-state index contributed by atoms with van der Waals surface area (Å²) in [7, 11) is -3.56. The Labute approximate surface area is 172 Å². The Morgan fingerprint density at radius 2 is 1.87 bits per heavy atom. The fourth-order valence-electron chi connectivity index (χ4n) is 2.93. The van der Waals surface area contributed by atoms with Crippen LogP contribution in [-0.2, 0) is 14.6 Å². The van der Waals surface area contributed by atoms with E-state index in [1.807, 2.05) is 0 Å². The van der Waals surface area contributed by atoms with E-state index in [-0.39, 0.29) is 28.5 Å². The first-order valence-corrected chi connectivity index (χ1v) is 10.7. The van der Waals surface area contributed by atoms with E-state index in [2.05, 4.69) is 15.6 Å². The molecule has 152 valence electrons. The van der Waals surface area contributed by atoms with Gasteiger partial charge in [-0.3, -0.25) is 9.59 Å². The van der Waals surface area contributed by atoms with Crippen LogP contribution in [0.1, 0.15) is 16.8 Å². The van der Waals surface area contributed by atoms with Gasteiger partial charge in [-0.05, 0) is 42.5 Å². The summed E-state index contributed by atoms with van der Waals surface area (Å²) in [6, 6.07) is 15.9. The van der Waals surface area contributed by atoms with Crippen molar-refractivity contribution in [2.45, 2.75) is 11.3 Å². The number of benzene rings is 2. The van der Waals surface area contributed by atoms with Crippen LogP contribution < -0.4 is 15.4 Å². The van der Waals surface area contributed by atoms with Crippen molar-refractivity contribution in [1.82, 2.24) is 4.98 Å². The van der Waals surface area contributed by atoms with E-state index in [0.717, 1.165) is 0 Å². The number of fused-ring (bicyclic) bond motifs is 2. The average molecular weight is 423 g/mol. The molecule has 2 N–H and O–H groups in total. The van der Waals surface area contributed by atoms with Crippen molar-refractivity contribution in [2.75, 3.05) is 16.4 Å². The van der Waals surface area contributed by atoms with Crippen LogP contribution in [0.25, 0.3) is 0 Å². The smallest absolute Gasteiger partial charge is 0.259 e.